The first-order chi connectivity index (χ1) is 9.70. The minimum atomic E-state index is -3.62. The zero-order valence-corrected chi connectivity index (χ0v) is 13.6. The van der Waals surface area contributed by atoms with Crippen molar-refractivity contribution < 1.29 is 17.9 Å². The highest BCUT2D eigenvalue weighted by Gasteiger charge is 2.22. The van der Waals surface area contributed by atoms with E-state index in [2.05, 4.69) is 0 Å². The highest BCUT2D eigenvalue weighted by Crippen LogP contribution is 2.27. The third-order valence-corrected chi connectivity index (χ3v) is 4.64. The normalized spacial score (nSPS) is 11.9. The van der Waals surface area contributed by atoms with Crippen molar-refractivity contribution >= 4 is 22.0 Å². The second-order valence-corrected chi connectivity index (χ2v) is 6.88. The van der Waals surface area contributed by atoms with E-state index >= 15 is 0 Å². The summed E-state index contributed by atoms with van der Waals surface area (Å²) in [5, 5.41) is 0. The number of ether oxygens (including phenoxy) is 1. The minimum absolute atomic E-state index is 0.0643. The molecule has 0 fully saturated rings. The molecule has 0 atom stereocenters. The summed E-state index contributed by atoms with van der Waals surface area (Å²) in [6, 6.07) is 4.73. The van der Waals surface area contributed by atoms with E-state index in [0.717, 1.165) is 4.31 Å². The van der Waals surface area contributed by atoms with Crippen LogP contribution in [0.1, 0.15) is 5.56 Å². The van der Waals surface area contributed by atoms with Gasteiger partial charge >= 0.3 is 0 Å². The number of sulfonamides is 1. The monoisotopic (exact) mass is 312 g/mol. The zero-order valence-electron chi connectivity index (χ0n) is 12.8. The number of carbonyl (C=O) groups excluding carboxylic acids is 1. The molecular weight excluding hydrogens is 292 g/mol. The molecule has 116 valence electrons. The fraction of sp³-hybridized carbons (Fsp3) is 0.357. The molecule has 1 aromatic rings. The first-order valence-electron chi connectivity index (χ1n) is 6.20. The molecule has 0 saturated heterocycles. The Kier molecular flexibility index (Phi) is 5.51. The van der Waals surface area contributed by atoms with Crippen LogP contribution < -0.4 is 4.74 Å². The first-order valence-corrected chi connectivity index (χ1v) is 7.64. The van der Waals surface area contributed by atoms with E-state index in [-0.39, 0.29) is 16.6 Å². The summed E-state index contributed by atoms with van der Waals surface area (Å²) in [7, 11) is 3.98. The summed E-state index contributed by atoms with van der Waals surface area (Å²) in [5.74, 6) is 0.0858. The van der Waals surface area contributed by atoms with Gasteiger partial charge in [0, 0.05) is 34.3 Å². The Balaban J connectivity index is 3.27. The van der Waals surface area contributed by atoms with Crippen molar-refractivity contribution in [2.45, 2.75) is 4.90 Å². The number of likely N-dealkylation sites (N-methyl/N-ethyl adjacent to an activating group) is 1. The summed E-state index contributed by atoms with van der Waals surface area (Å²) in [6.07, 6.45) is 2.95. The van der Waals surface area contributed by atoms with Gasteiger partial charge in [-0.15, -0.1) is 0 Å². The van der Waals surface area contributed by atoms with E-state index in [0.29, 0.717) is 5.56 Å². The lowest BCUT2D eigenvalue weighted by molar-refractivity contribution is -0.123. The molecule has 1 aromatic carbocycles. The summed E-state index contributed by atoms with van der Waals surface area (Å²) in [6.45, 7) is 0. The minimum Gasteiger partial charge on any atom is -0.495 e. The molecule has 0 unspecified atom stereocenters. The van der Waals surface area contributed by atoms with Gasteiger partial charge in [0.15, 0.2) is 0 Å². The van der Waals surface area contributed by atoms with Crippen molar-refractivity contribution in [1.29, 1.82) is 0 Å². The lowest BCUT2D eigenvalue weighted by Gasteiger charge is -2.15. The predicted molar refractivity (Wildman–Crippen MR) is 81.6 cm³/mol. The molecule has 0 bridgehead atoms. The zero-order chi connectivity index (χ0) is 16.2. The maximum absolute atomic E-state index is 12.3. The number of nitrogens with zero attached hydrogens (tertiary/aromatic N) is 2. The van der Waals surface area contributed by atoms with Crippen molar-refractivity contribution in [2.24, 2.45) is 0 Å². The largest absolute Gasteiger partial charge is 0.495 e. The van der Waals surface area contributed by atoms with E-state index in [1.807, 2.05) is 0 Å². The van der Waals surface area contributed by atoms with Gasteiger partial charge in [0.05, 0.1) is 7.11 Å². The van der Waals surface area contributed by atoms with Crippen molar-refractivity contribution in [2.75, 3.05) is 35.3 Å². The van der Waals surface area contributed by atoms with Crippen molar-refractivity contribution in [3.05, 3.63) is 29.8 Å². The van der Waals surface area contributed by atoms with Crippen LogP contribution in [-0.4, -0.2) is 58.8 Å². The molecule has 0 saturated carbocycles. The van der Waals surface area contributed by atoms with E-state index in [1.165, 1.54) is 38.2 Å². The number of benzene rings is 1. The average molecular weight is 312 g/mol. The molecule has 0 spiro atoms. The molecule has 1 rings (SSSR count). The highest BCUT2D eigenvalue weighted by molar-refractivity contribution is 7.89. The maximum atomic E-state index is 12.3. The van der Waals surface area contributed by atoms with Gasteiger partial charge in [-0.1, -0.05) is 6.07 Å². The Morgan fingerprint density at radius 3 is 2.29 bits per heavy atom. The molecule has 1 amide bonds. The molecule has 0 aliphatic carbocycles. The number of hydrogen-bond acceptors (Lipinski definition) is 4. The van der Waals surface area contributed by atoms with Crippen LogP contribution in [0.25, 0.3) is 6.08 Å². The Labute approximate surface area is 125 Å². The fourth-order valence-corrected chi connectivity index (χ4v) is 2.60. The van der Waals surface area contributed by atoms with Crippen molar-refractivity contribution in [3.8, 4) is 5.75 Å². The molecule has 7 heteroatoms. The van der Waals surface area contributed by atoms with Gasteiger partial charge in [-0.05, 0) is 23.8 Å². The molecule has 0 aliphatic heterocycles. The fourth-order valence-electron chi connectivity index (χ4n) is 1.51. The second kappa shape index (κ2) is 6.73. The van der Waals surface area contributed by atoms with Gasteiger partial charge in [0.2, 0.25) is 15.9 Å². The van der Waals surface area contributed by atoms with E-state index < -0.39 is 10.0 Å². The standard InChI is InChI=1S/C14H20N2O4S/c1-15(2)14(17)9-7-11-6-8-12(20-5)13(10-11)21(18,19)16(3)4/h6-10H,1-5H3/b9-7+. The van der Waals surface area contributed by atoms with Gasteiger partial charge in [-0.25, -0.2) is 12.7 Å². The number of methoxy groups -OCH3 is 1. The molecule has 0 radical (unpaired) electrons. The Hall–Kier alpha value is -1.86. The van der Waals surface area contributed by atoms with Crippen LogP contribution in [0.3, 0.4) is 0 Å². The number of amides is 1. The van der Waals surface area contributed by atoms with Gasteiger partial charge in [-0.3, -0.25) is 4.79 Å². The van der Waals surface area contributed by atoms with Gasteiger partial charge < -0.3 is 9.64 Å². The third-order valence-electron chi connectivity index (χ3n) is 2.81. The number of hydrogen-bond donors (Lipinski definition) is 0. The van der Waals surface area contributed by atoms with Crippen LogP contribution in [0, 0.1) is 0 Å². The van der Waals surface area contributed by atoms with Crippen LogP contribution >= 0.6 is 0 Å². The van der Waals surface area contributed by atoms with Crippen LogP contribution in [-0.2, 0) is 14.8 Å². The summed E-state index contributed by atoms with van der Waals surface area (Å²) in [5.41, 5.74) is 0.603. The molecule has 21 heavy (non-hydrogen) atoms. The first kappa shape index (κ1) is 17.2. The number of rotatable bonds is 5. The van der Waals surface area contributed by atoms with E-state index in [4.69, 9.17) is 4.74 Å². The molecule has 0 N–H and O–H groups in total. The summed E-state index contributed by atoms with van der Waals surface area (Å²) in [4.78, 5) is 13.0. The van der Waals surface area contributed by atoms with Crippen molar-refractivity contribution in [3.63, 3.8) is 0 Å². The molecule has 0 aromatic heterocycles. The third kappa shape index (κ3) is 4.05. The van der Waals surface area contributed by atoms with E-state index in [1.54, 1.807) is 32.3 Å². The average Bonchev–Trinajstić information content (AvgIpc) is 2.43. The quantitative estimate of drug-likeness (QED) is 0.762. The molecule has 0 heterocycles. The molecule has 6 nitrogen and oxygen atoms in total. The summed E-state index contributed by atoms with van der Waals surface area (Å²) >= 11 is 0. The summed E-state index contributed by atoms with van der Waals surface area (Å²) < 4.78 is 30.7. The molecule has 0 aliphatic rings. The highest BCUT2D eigenvalue weighted by atomic mass is 32.2. The van der Waals surface area contributed by atoms with Crippen molar-refractivity contribution in [1.82, 2.24) is 9.21 Å². The van der Waals surface area contributed by atoms with Gasteiger partial charge in [0.25, 0.3) is 0 Å². The topological polar surface area (TPSA) is 66.9 Å². The van der Waals surface area contributed by atoms with E-state index in [9.17, 15) is 13.2 Å². The van der Waals surface area contributed by atoms with Gasteiger partial charge in [0.1, 0.15) is 10.6 Å². The van der Waals surface area contributed by atoms with Crippen LogP contribution in [0.15, 0.2) is 29.2 Å². The maximum Gasteiger partial charge on any atom is 0.246 e. The Morgan fingerprint density at radius 2 is 1.81 bits per heavy atom. The SMILES string of the molecule is COc1ccc(/C=C/C(=O)N(C)C)cc1S(=O)(=O)N(C)C. The van der Waals surface area contributed by atoms with Crippen LogP contribution in [0.2, 0.25) is 0 Å². The van der Waals surface area contributed by atoms with Gasteiger partial charge in [-0.2, -0.15) is 0 Å². The lowest BCUT2D eigenvalue weighted by atomic mass is 10.2. The number of carbonyl (C=O) groups is 1. The predicted octanol–water partition coefficient (Wildman–Crippen LogP) is 1.05. The van der Waals surface area contributed by atoms with Crippen LogP contribution in [0.5, 0.6) is 5.75 Å². The molecular formula is C14H20N2O4S. The van der Waals surface area contributed by atoms with Crippen LogP contribution in [0.4, 0.5) is 0 Å². The smallest absolute Gasteiger partial charge is 0.246 e. The Bertz CT molecular complexity index is 649. The Morgan fingerprint density at radius 1 is 1.19 bits per heavy atom. The lowest BCUT2D eigenvalue weighted by Crippen LogP contribution is -2.22. The second-order valence-electron chi connectivity index (χ2n) is 4.76.